The van der Waals surface area contributed by atoms with E-state index in [-0.39, 0.29) is 5.41 Å². The molecule has 4 unspecified atom stereocenters. The van der Waals surface area contributed by atoms with Gasteiger partial charge in [-0.05, 0) is 31.3 Å². The SMILES string of the molecule is COCC(C)(COC)C1CCCO1.[2H]CC(P)C1CCCO1. The number of rotatable bonds is 6. The molecule has 21 heavy (non-hydrogen) atoms. The van der Waals surface area contributed by atoms with Crippen molar-refractivity contribution in [1.82, 2.24) is 0 Å². The van der Waals surface area contributed by atoms with E-state index < -0.39 is 0 Å². The second-order valence-corrected chi connectivity index (χ2v) is 7.09. The molecule has 2 aliphatic rings. The Labute approximate surface area is 133 Å². The summed E-state index contributed by atoms with van der Waals surface area (Å²) in [5, 5.41) is 0. The van der Waals surface area contributed by atoms with E-state index in [1.165, 1.54) is 6.42 Å². The molecule has 0 saturated carbocycles. The number of ether oxygens (including phenoxy) is 4. The van der Waals surface area contributed by atoms with Gasteiger partial charge in [0.15, 0.2) is 0 Å². The molecule has 0 bridgehead atoms. The zero-order chi connectivity index (χ0) is 16.4. The van der Waals surface area contributed by atoms with E-state index >= 15 is 0 Å². The lowest BCUT2D eigenvalue weighted by Crippen LogP contribution is -2.40. The van der Waals surface area contributed by atoms with Crippen LogP contribution in [0.3, 0.4) is 0 Å². The first-order valence-electron chi connectivity index (χ1n) is 8.54. The average Bonchev–Trinajstić information content (AvgIpc) is 3.21. The van der Waals surface area contributed by atoms with Crippen molar-refractivity contribution >= 4 is 9.24 Å². The lowest BCUT2D eigenvalue weighted by molar-refractivity contribution is -0.0720. The van der Waals surface area contributed by atoms with E-state index in [1.807, 2.05) is 0 Å². The van der Waals surface area contributed by atoms with Crippen LogP contribution in [0.4, 0.5) is 0 Å². The normalized spacial score (nSPS) is 27.9. The Morgan fingerprint density at radius 3 is 2.24 bits per heavy atom. The highest BCUT2D eigenvalue weighted by atomic mass is 31.0. The fourth-order valence-electron chi connectivity index (χ4n) is 2.95. The van der Waals surface area contributed by atoms with Gasteiger partial charge in [-0.15, -0.1) is 9.24 Å². The van der Waals surface area contributed by atoms with Crippen LogP contribution in [0.5, 0.6) is 0 Å². The Hall–Kier alpha value is 0.270. The Bertz CT molecular complexity index is 275. The fraction of sp³-hybridized carbons (Fsp3) is 1.00. The summed E-state index contributed by atoms with van der Waals surface area (Å²) in [6.45, 7) is 5.81. The monoisotopic (exact) mass is 321 g/mol. The molecule has 2 saturated heterocycles. The van der Waals surface area contributed by atoms with Crippen molar-refractivity contribution in [1.29, 1.82) is 0 Å². The summed E-state index contributed by atoms with van der Waals surface area (Å²) < 4.78 is 28.5. The summed E-state index contributed by atoms with van der Waals surface area (Å²) >= 11 is 0. The zero-order valence-electron chi connectivity index (χ0n) is 14.8. The molecule has 2 fully saturated rings. The zero-order valence-corrected chi connectivity index (χ0v) is 15.0. The molecule has 2 heterocycles. The highest BCUT2D eigenvalue weighted by Crippen LogP contribution is 2.31. The van der Waals surface area contributed by atoms with Gasteiger partial charge in [0.2, 0.25) is 0 Å². The quantitative estimate of drug-likeness (QED) is 0.705. The maximum absolute atomic E-state index is 7.07. The minimum absolute atomic E-state index is 0.0139. The lowest BCUT2D eigenvalue weighted by atomic mass is 9.84. The minimum Gasteiger partial charge on any atom is -0.384 e. The van der Waals surface area contributed by atoms with Crippen LogP contribution in [-0.4, -0.2) is 58.5 Å². The summed E-state index contributed by atoms with van der Waals surface area (Å²) in [7, 11) is 6.12. The molecule has 2 rings (SSSR count). The minimum atomic E-state index is 0.0139. The van der Waals surface area contributed by atoms with Gasteiger partial charge in [-0.1, -0.05) is 13.8 Å². The first-order valence-corrected chi connectivity index (χ1v) is 8.50. The van der Waals surface area contributed by atoms with E-state index in [0.29, 0.717) is 38.0 Å². The Kier molecular flexibility index (Phi) is 8.49. The predicted octanol–water partition coefficient (Wildman–Crippen LogP) is 2.89. The third-order valence-electron chi connectivity index (χ3n) is 4.10. The van der Waals surface area contributed by atoms with Gasteiger partial charge < -0.3 is 18.9 Å². The molecule has 0 N–H and O–H groups in total. The van der Waals surface area contributed by atoms with Crippen LogP contribution < -0.4 is 0 Å². The molecule has 2 aliphatic heterocycles. The van der Waals surface area contributed by atoms with Crippen molar-refractivity contribution in [2.45, 2.75) is 57.4 Å². The van der Waals surface area contributed by atoms with Gasteiger partial charge in [0.05, 0.1) is 25.4 Å². The smallest absolute Gasteiger partial charge is 0.0673 e. The van der Waals surface area contributed by atoms with Gasteiger partial charge in [0.1, 0.15) is 0 Å². The number of methoxy groups -OCH3 is 2. The van der Waals surface area contributed by atoms with Crippen molar-refractivity contribution in [2.24, 2.45) is 5.41 Å². The predicted molar refractivity (Wildman–Crippen MR) is 89.0 cm³/mol. The highest BCUT2D eigenvalue weighted by molar-refractivity contribution is 7.17. The van der Waals surface area contributed by atoms with Crippen LogP contribution in [0.15, 0.2) is 0 Å². The van der Waals surface area contributed by atoms with Crippen molar-refractivity contribution in [3.8, 4) is 0 Å². The van der Waals surface area contributed by atoms with Crippen molar-refractivity contribution in [3.05, 3.63) is 0 Å². The molecule has 0 spiro atoms. The summed E-state index contributed by atoms with van der Waals surface area (Å²) in [5.74, 6) is 0. The van der Waals surface area contributed by atoms with E-state index in [2.05, 4.69) is 16.2 Å². The molecule has 4 nitrogen and oxygen atoms in total. The van der Waals surface area contributed by atoms with E-state index in [9.17, 15) is 0 Å². The van der Waals surface area contributed by atoms with Crippen molar-refractivity contribution < 1.29 is 20.3 Å². The summed E-state index contributed by atoms with van der Waals surface area (Å²) in [6.07, 6.45) is 5.26. The third kappa shape index (κ3) is 6.50. The topological polar surface area (TPSA) is 36.9 Å². The van der Waals surface area contributed by atoms with Gasteiger partial charge >= 0.3 is 0 Å². The molecule has 0 radical (unpaired) electrons. The van der Waals surface area contributed by atoms with Crippen LogP contribution in [0.1, 0.15) is 40.9 Å². The van der Waals surface area contributed by atoms with Crippen LogP contribution in [0, 0.1) is 5.41 Å². The largest absolute Gasteiger partial charge is 0.384 e. The molecular formula is C16H33O4P. The van der Waals surface area contributed by atoms with Gasteiger partial charge in [0, 0.05) is 34.2 Å². The van der Waals surface area contributed by atoms with Gasteiger partial charge in [-0.2, -0.15) is 0 Å². The fourth-order valence-corrected chi connectivity index (χ4v) is 3.26. The Balaban J connectivity index is 0.000000235. The highest BCUT2D eigenvalue weighted by Gasteiger charge is 2.37. The van der Waals surface area contributed by atoms with Crippen molar-refractivity contribution in [2.75, 3.05) is 40.6 Å². The first kappa shape index (κ1) is 17.6. The number of hydrogen-bond acceptors (Lipinski definition) is 4. The van der Waals surface area contributed by atoms with Gasteiger partial charge in [0.25, 0.3) is 0 Å². The molecule has 0 aliphatic carbocycles. The molecule has 0 aromatic rings. The van der Waals surface area contributed by atoms with E-state index in [1.54, 1.807) is 14.2 Å². The maximum atomic E-state index is 7.07. The average molecular weight is 321 g/mol. The molecule has 4 atom stereocenters. The van der Waals surface area contributed by atoms with Crippen LogP contribution in [-0.2, 0) is 18.9 Å². The van der Waals surface area contributed by atoms with Gasteiger partial charge in [-0.3, -0.25) is 0 Å². The van der Waals surface area contributed by atoms with Gasteiger partial charge in [-0.25, -0.2) is 0 Å². The molecule has 0 aromatic heterocycles. The molecular weight excluding hydrogens is 287 g/mol. The van der Waals surface area contributed by atoms with Crippen LogP contribution >= 0.6 is 9.24 Å². The van der Waals surface area contributed by atoms with Crippen LogP contribution in [0.25, 0.3) is 0 Å². The molecule has 126 valence electrons. The maximum Gasteiger partial charge on any atom is 0.0673 e. The summed E-state index contributed by atoms with van der Waals surface area (Å²) in [5.41, 5.74) is 0.368. The molecule has 5 heteroatoms. The molecule has 0 amide bonds. The third-order valence-corrected chi connectivity index (χ3v) is 4.53. The summed E-state index contributed by atoms with van der Waals surface area (Å²) in [6, 6.07) is 0. The Morgan fingerprint density at radius 2 is 1.81 bits per heavy atom. The standard InChI is InChI=1S/C10H20O3.C6H13OP/c1-10(7-11-2,8-12-3)9-5-4-6-13-9;1-5(8)6-3-2-4-7-6/h9H,4-8H2,1-3H3;5-6H,2-4,8H2,1H3/i;1D. The molecule has 0 aromatic carbocycles. The van der Waals surface area contributed by atoms with Crippen molar-refractivity contribution in [3.63, 3.8) is 0 Å². The van der Waals surface area contributed by atoms with E-state index in [0.717, 1.165) is 32.5 Å². The summed E-state index contributed by atoms with van der Waals surface area (Å²) in [4.78, 5) is 0. The van der Waals surface area contributed by atoms with E-state index in [4.69, 9.17) is 20.3 Å². The second kappa shape index (κ2) is 10.1. The Morgan fingerprint density at radius 1 is 1.19 bits per heavy atom. The van der Waals surface area contributed by atoms with Crippen LogP contribution in [0.2, 0.25) is 0 Å². The number of hydrogen-bond donors (Lipinski definition) is 0. The second-order valence-electron chi connectivity index (χ2n) is 6.24. The lowest BCUT2D eigenvalue weighted by Gasteiger charge is -2.33. The first-order chi connectivity index (χ1) is 10.6.